The van der Waals surface area contributed by atoms with Gasteiger partial charge in [0.25, 0.3) is 5.91 Å². The van der Waals surface area contributed by atoms with Gasteiger partial charge in [0.05, 0.1) is 11.3 Å². The highest BCUT2D eigenvalue weighted by atomic mass is 19.4. The summed E-state index contributed by atoms with van der Waals surface area (Å²) in [5, 5.41) is 13.3. The van der Waals surface area contributed by atoms with Crippen LogP contribution in [0.25, 0.3) is 16.8 Å². The summed E-state index contributed by atoms with van der Waals surface area (Å²) in [6.45, 7) is 0. The number of nitrogens with one attached hydrogen (secondary N) is 1. The summed E-state index contributed by atoms with van der Waals surface area (Å²) in [7, 11) is 0. The van der Waals surface area contributed by atoms with Crippen molar-refractivity contribution in [1.82, 2.24) is 0 Å². The highest BCUT2D eigenvalue weighted by molar-refractivity contribution is 6.11. The monoisotopic (exact) mass is 366 g/mol. The molecule has 0 bridgehead atoms. The van der Waals surface area contributed by atoms with Gasteiger partial charge in [-0.2, -0.15) is 18.4 Å². The Morgan fingerprint density at radius 1 is 0.963 bits per heavy atom. The molecule has 0 aliphatic rings. The molecule has 0 heterocycles. The number of carbonyl (C=O) groups is 1. The third-order valence-corrected chi connectivity index (χ3v) is 3.97. The van der Waals surface area contributed by atoms with E-state index in [0.29, 0.717) is 5.56 Å². The van der Waals surface area contributed by atoms with Gasteiger partial charge in [-0.25, -0.2) is 0 Å². The van der Waals surface area contributed by atoms with Gasteiger partial charge < -0.3 is 5.32 Å². The van der Waals surface area contributed by atoms with E-state index in [0.717, 1.165) is 22.9 Å². The van der Waals surface area contributed by atoms with Crippen LogP contribution in [0.4, 0.5) is 18.9 Å². The number of nitriles is 1. The SMILES string of the molecule is N#C/C(=C\c1cccc2ccccc12)C(=O)Nc1ccccc1C(F)(F)F. The van der Waals surface area contributed by atoms with Crippen molar-refractivity contribution in [3.63, 3.8) is 0 Å². The van der Waals surface area contributed by atoms with Crippen LogP contribution in [0, 0.1) is 11.3 Å². The molecule has 0 unspecified atom stereocenters. The molecule has 0 fully saturated rings. The lowest BCUT2D eigenvalue weighted by atomic mass is 10.0. The molecule has 0 aromatic heterocycles. The van der Waals surface area contributed by atoms with Crippen LogP contribution < -0.4 is 5.32 Å². The zero-order valence-electron chi connectivity index (χ0n) is 13.9. The third-order valence-electron chi connectivity index (χ3n) is 3.97. The standard InChI is InChI=1S/C21H13F3N2O/c22-21(23,24)18-10-3-4-11-19(18)26-20(27)16(13-25)12-15-8-5-7-14-6-1-2-9-17(14)15/h1-12H,(H,26,27)/b16-12+. The first kappa shape index (κ1) is 18.2. The second kappa shape index (κ2) is 7.34. The molecule has 0 spiro atoms. The fourth-order valence-electron chi connectivity index (χ4n) is 2.71. The van der Waals surface area contributed by atoms with Gasteiger partial charge in [0.2, 0.25) is 0 Å². The molecule has 0 radical (unpaired) electrons. The van der Waals surface area contributed by atoms with Gasteiger partial charge in [-0.1, -0.05) is 54.6 Å². The van der Waals surface area contributed by atoms with Crippen molar-refractivity contribution >= 4 is 28.4 Å². The number of para-hydroxylation sites is 1. The van der Waals surface area contributed by atoms with Crippen LogP contribution in [-0.2, 0) is 11.0 Å². The molecule has 3 aromatic carbocycles. The Hall–Kier alpha value is -3.59. The Bertz CT molecular complexity index is 1070. The van der Waals surface area contributed by atoms with Crippen molar-refractivity contribution in [2.75, 3.05) is 5.32 Å². The number of alkyl halides is 3. The third kappa shape index (κ3) is 3.98. The molecule has 1 amide bonds. The van der Waals surface area contributed by atoms with Gasteiger partial charge in [-0.15, -0.1) is 0 Å². The van der Waals surface area contributed by atoms with Crippen molar-refractivity contribution in [1.29, 1.82) is 5.26 Å². The maximum Gasteiger partial charge on any atom is 0.418 e. The lowest BCUT2D eigenvalue weighted by Crippen LogP contribution is -2.17. The summed E-state index contributed by atoms with van der Waals surface area (Å²) in [6, 6.07) is 19.2. The second-order valence-electron chi connectivity index (χ2n) is 5.74. The van der Waals surface area contributed by atoms with Gasteiger partial charge in [0, 0.05) is 0 Å². The van der Waals surface area contributed by atoms with Crippen LogP contribution in [-0.4, -0.2) is 5.91 Å². The Balaban J connectivity index is 1.96. The lowest BCUT2D eigenvalue weighted by Gasteiger charge is -2.13. The van der Waals surface area contributed by atoms with Crippen LogP contribution >= 0.6 is 0 Å². The number of benzene rings is 3. The van der Waals surface area contributed by atoms with Crippen molar-refractivity contribution < 1.29 is 18.0 Å². The molecule has 134 valence electrons. The predicted octanol–water partition coefficient (Wildman–Crippen LogP) is 5.40. The molecule has 0 saturated heterocycles. The van der Waals surface area contributed by atoms with E-state index < -0.39 is 23.3 Å². The van der Waals surface area contributed by atoms with E-state index in [9.17, 15) is 23.2 Å². The molecule has 0 aliphatic carbocycles. The maximum absolute atomic E-state index is 13.1. The molecule has 6 heteroatoms. The summed E-state index contributed by atoms with van der Waals surface area (Å²) >= 11 is 0. The number of fused-ring (bicyclic) bond motifs is 1. The number of halogens is 3. The van der Waals surface area contributed by atoms with Crippen LogP contribution in [0.3, 0.4) is 0 Å². The molecule has 0 aliphatic heterocycles. The topological polar surface area (TPSA) is 52.9 Å². The largest absolute Gasteiger partial charge is 0.418 e. The summed E-state index contributed by atoms with van der Waals surface area (Å²) < 4.78 is 39.2. The van der Waals surface area contributed by atoms with E-state index in [1.807, 2.05) is 30.3 Å². The molecule has 0 atom stereocenters. The minimum Gasteiger partial charge on any atom is -0.321 e. The summed E-state index contributed by atoms with van der Waals surface area (Å²) in [5.41, 5.74) is -1.03. The van der Waals surface area contributed by atoms with Crippen molar-refractivity contribution in [2.24, 2.45) is 0 Å². The molecule has 3 nitrogen and oxygen atoms in total. The van der Waals surface area contributed by atoms with E-state index >= 15 is 0 Å². The summed E-state index contributed by atoms with van der Waals surface area (Å²) in [5.74, 6) is -0.901. The first-order valence-corrected chi connectivity index (χ1v) is 7.97. The Kier molecular flexibility index (Phi) is 4.95. The van der Waals surface area contributed by atoms with E-state index in [1.165, 1.54) is 18.2 Å². The molecular formula is C21H13F3N2O. The number of anilines is 1. The van der Waals surface area contributed by atoms with Crippen LogP contribution in [0.1, 0.15) is 11.1 Å². The smallest absolute Gasteiger partial charge is 0.321 e. The molecule has 0 saturated carbocycles. The molecule has 1 N–H and O–H groups in total. The van der Waals surface area contributed by atoms with Gasteiger partial charge in [-0.05, 0) is 34.5 Å². The zero-order valence-corrected chi connectivity index (χ0v) is 13.9. The zero-order chi connectivity index (χ0) is 19.4. The Morgan fingerprint density at radius 3 is 2.37 bits per heavy atom. The van der Waals surface area contributed by atoms with E-state index in [1.54, 1.807) is 18.2 Å². The number of hydrogen-bond acceptors (Lipinski definition) is 2. The molecule has 3 aromatic rings. The lowest BCUT2D eigenvalue weighted by molar-refractivity contribution is -0.137. The average Bonchev–Trinajstić information content (AvgIpc) is 2.65. The number of amides is 1. The molecule has 27 heavy (non-hydrogen) atoms. The fourth-order valence-corrected chi connectivity index (χ4v) is 2.71. The van der Waals surface area contributed by atoms with E-state index in [-0.39, 0.29) is 5.57 Å². The fraction of sp³-hybridized carbons (Fsp3) is 0.0476. The highest BCUT2D eigenvalue weighted by Gasteiger charge is 2.33. The molecule has 3 rings (SSSR count). The summed E-state index contributed by atoms with van der Waals surface area (Å²) in [4.78, 5) is 12.4. The van der Waals surface area contributed by atoms with Crippen molar-refractivity contribution in [2.45, 2.75) is 6.18 Å². The van der Waals surface area contributed by atoms with Gasteiger partial charge >= 0.3 is 6.18 Å². The van der Waals surface area contributed by atoms with Gasteiger partial charge in [0.1, 0.15) is 11.6 Å². The minimum atomic E-state index is -4.62. The molecular weight excluding hydrogens is 353 g/mol. The number of rotatable bonds is 3. The van der Waals surface area contributed by atoms with E-state index in [4.69, 9.17) is 0 Å². The summed E-state index contributed by atoms with van der Waals surface area (Å²) in [6.07, 6.45) is -3.25. The van der Waals surface area contributed by atoms with Gasteiger partial charge in [-0.3, -0.25) is 4.79 Å². The maximum atomic E-state index is 13.1. The first-order chi connectivity index (χ1) is 12.9. The highest BCUT2D eigenvalue weighted by Crippen LogP contribution is 2.34. The number of hydrogen-bond donors (Lipinski definition) is 1. The first-order valence-electron chi connectivity index (χ1n) is 7.97. The minimum absolute atomic E-state index is 0.289. The van der Waals surface area contributed by atoms with Gasteiger partial charge in [0.15, 0.2) is 0 Å². The van der Waals surface area contributed by atoms with Crippen molar-refractivity contribution in [3.8, 4) is 6.07 Å². The van der Waals surface area contributed by atoms with Crippen LogP contribution in [0.15, 0.2) is 72.3 Å². The average molecular weight is 366 g/mol. The van der Waals surface area contributed by atoms with Crippen LogP contribution in [0.5, 0.6) is 0 Å². The normalized spacial score (nSPS) is 11.9. The Morgan fingerprint density at radius 2 is 1.63 bits per heavy atom. The number of nitrogens with zero attached hydrogens (tertiary/aromatic N) is 1. The van der Waals surface area contributed by atoms with Crippen molar-refractivity contribution in [3.05, 3.63) is 83.4 Å². The van der Waals surface area contributed by atoms with E-state index in [2.05, 4.69) is 5.32 Å². The van der Waals surface area contributed by atoms with Crippen LogP contribution in [0.2, 0.25) is 0 Å². The Labute approximate surface area is 153 Å². The second-order valence-corrected chi connectivity index (χ2v) is 5.74. The quantitative estimate of drug-likeness (QED) is 0.498. The number of carbonyl (C=O) groups excluding carboxylic acids is 1. The predicted molar refractivity (Wildman–Crippen MR) is 97.6 cm³/mol.